The second kappa shape index (κ2) is 14.4. The van der Waals surface area contributed by atoms with Gasteiger partial charge >= 0.3 is 31.4 Å². The molecule has 0 radical (unpaired) electrons. The summed E-state index contributed by atoms with van der Waals surface area (Å²) in [5.74, 6) is -0.527. The number of hydrogen-bond acceptors (Lipinski definition) is 6. The number of methoxy groups -OCH3 is 2. The zero-order valence-corrected chi connectivity index (χ0v) is 34.1. The fourth-order valence-electron chi connectivity index (χ4n) is 8.19. The van der Waals surface area contributed by atoms with Gasteiger partial charge in [-0.2, -0.15) is 0 Å². The molecule has 2 aromatic carbocycles. The fourth-order valence-corrected chi connectivity index (χ4v) is 8.19. The predicted octanol–water partition coefficient (Wildman–Crippen LogP) is 9.26. The third-order valence-electron chi connectivity index (χ3n) is 10.9. The molecule has 5 heterocycles. The Morgan fingerprint density at radius 3 is 1.45 bits per heavy atom. The maximum absolute atomic E-state index is 12.4. The van der Waals surface area contributed by atoms with Crippen molar-refractivity contribution in [2.75, 3.05) is 14.2 Å². The Labute approximate surface area is 321 Å². The number of hydrogen-bond donors (Lipinski definition) is 0. The van der Waals surface area contributed by atoms with Crippen LogP contribution in [0.1, 0.15) is 87.3 Å². The largest absolute Gasteiger partial charge is 2.00 e. The number of fused-ring (bicyclic) bond motifs is 13. The van der Waals surface area contributed by atoms with E-state index in [-0.39, 0.29) is 44.3 Å². The molecule has 0 fully saturated rings. The Kier molecular flexibility index (Phi) is 9.81. The first-order chi connectivity index (χ1) is 25.2. The number of carbonyl (C=O) groups is 2. The molecule has 0 spiro atoms. The van der Waals surface area contributed by atoms with Gasteiger partial charge < -0.3 is 19.4 Å². The minimum absolute atomic E-state index is 0. The van der Waals surface area contributed by atoms with E-state index in [0.717, 1.165) is 102 Å². The molecular weight excluding hydrogens is 714 g/mol. The third kappa shape index (κ3) is 6.05. The van der Waals surface area contributed by atoms with Gasteiger partial charge in [0.15, 0.2) is 0 Å². The molecule has 0 unspecified atom stereocenters. The molecule has 5 aromatic rings. The van der Waals surface area contributed by atoms with E-state index in [0.29, 0.717) is 12.8 Å². The van der Waals surface area contributed by atoms with Crippen molar-refractivity contribution in [3.8, 4) is 22.3 Å². The number of nitrogens with zero attached hydrogens (tertiary/aromatic N) is 4. The van der Waals surface area contributed by atoms with Gasteiger partial charge in [-0.1, -0.05) is 85.6 Å². The molecule has 8 bridgehead atoms. The second-order valence-electron chi connectivity index (χ2n) is 13.6. The van der Waals surface area contributed by atoms with E-state index in [1.807, 2.05) is 0 Å². The van der Waals surface area contributed by atoms with Crippen LogP contribution < -0.4 is 9.97 Å². The Morgan fingerprint density at radius 2 is 1.04 bits per heavy atom. The second-order valence-corrected chi connectivity index (χ2v) is 13.6. The van der Waals surface area contributed by atoms with Crippen LogP contribution in [0.15, 0.2) is 60.7 Å². The summed E-state index contributed by atoms with van der Waals surface area (Å²) >= 11 is 0. The summed E-state index contributed by atoms with van der Waals surface area (Å²) in [7, 11) is 2.84. The van der Waals surface area contributed by atoms with Crippen LogP contribution in [0.5, 0.6) is 0 Å². The average Bonchev–Trinajstić information content (AvgIpc) is 3.92. The summed E-state index contributed by atoms with van der Waals surface area (Å²) in [6, 6.07) is 21.2. The number of rotatable bonds is 8. The number of aryl methyl sites for hydroxylation is 2. The number of allylic oxidation sites excluding steroid dienone is 4. The smallest absolute Gasteiger partial charge is 0.657 e. The Morgan fingerprint density at radius 1 is 0.623 bits per heavy atom. The Bertz CT molecular complexity index is 2420. The van der Waals surface area contributed by atoms with E-state index < -0.39 is 0 Å². The summed E-state index contributed by atoms with van der Waals surface area (Å²) in [6.45, 7) is 8.47. The van der Waals surface area contributed by atoms with E-state index in [4.69, 9.17) is 29.4 Å². The van der Waals surface area contributed by atoms with Gasteiger partial charge in [-0.25, -0.2) is 9.97 Å². The van der Waals surface area contributed by atoms with Gasteiger partial charge in [0.25, 0.3) is 0 Å². The van der Waals surface area contributed by atoms with Crippen molar-refractivity contribution in [1.29, 1.82) is 0 Å². The molecule has 3 aromatic heterocycles. The maximum atomic E-state index is 12.4. The number of benzene rings is 2. The standard InChI is InChI=1S/C44H40N4O4.Zn/c1-7-26-27(8-2)35-20-33-24(4)29(16-18-41(50)52-6)37(46-33)22-39-44-31-14-10-12-25-11-9-13-30(42(25)31)43(44)38(48-39)21-36-28(15-17-40(49)51-5)23(3)32(45-36)19-34(26)47-35;/h9-14,19-22H,7-8,15-18H2,1-6H3;/q-2;+2. The fraction of sp³-hybridized carbons (Fsp3) is 0.273. The molecule has 0 saturated heterocycles. The number of ether oxygens (including phenoxy) is 2. The number of aromatic nitrogens is 4. The summed E-state index contributed by atoms with van der Waals surface area (Å²) in [4.78, 5) is 45.8. The van der Waals surface area contributed by atoms with Gasteiger partial charge in [-0.05, 0) is 94.8 Å². The molecule has 2 aliphatic heterocycles. The first-order valence-electron chi connectivity index (χ1n) is 18.0. The molecule has 262 valence electrons. The summed E-state index contributed by atoms with van der Waals surface area (Å²) in [5, 5.41) is 2.37. The summed E-state index contributed by atoms with van der Waals surface area (Å²) in [5.41, 5.74) is 17.4. The molecular formula is C44H40N4O4Zn. The van der Waals surface area contributed by atoms with Gasteiger partial charge in [-0.3, -0.25) is 9.59 Å². The molecule has 1 aliphatic carbocycles. The van der Waals surface area contributed by atoms with Gasteiger partial charge in [-0.15, -0.1) is 22.1 Å². The van der Waals surface area contributed by atoms with E-state index in [1.165, 1.54) is 36.1 Å². The predicted molar refractivity (Wildman–Crippen MR) is 207 cm³/mol. The molecule has 0 amide bonds. The van der Waals surface area contributed by atoms with E-state index in [2.05, 4.69) is 88.4 Å². The first kappa shape index (κ1) is 36.2. The van der Waals surface area contributed by atoms with Crippen LogP contribution in [0, 0.1) is 0 Å². The van der Waals surface area contributed by atoms with Crippen LogP contribution in [0.25, 0.3) is 77.4 Å². The SMILES string of the molecule is CCc1c(CC)c2cc3nc(cc4[n-]c(cc5nc(cc1[n-]2)C(C)=C5CCC(=O)OC)c1c4-c2cccc4cccc-1c24)C(CCC(=O)OC)=C3C.[Zn+2]. The molecule has 8 nitrogen and oxygen atoms in total. The minimum atomic E-state index is -0.264. The van der Waals surface area contributed by atoms with Crippen molar-refractivity contribution in [3.63, 3.8) is 0 Å². The Balaban J connectivity index is 0.00000435. The molecule has 3 aliphatic rings. The van der Waals surface area contributed by atoms with Crippen LogP contribution in [-0.4, -0.2) is 36.1 Å². The molecule has 53 heavy (non-hydrogen) atoms. The molecule has 0 N–H and O–H groups in total. The Hall–Kier alpha value is -5.14. The molecule has 0 saturated carbocycles. The van der Waals surface area contributed by atoms with Crippen LogP contribution in [0.2, 0.25) is 0 Å². The summed E-state index contributed by atoms with van der Waals surface area (Å²) < 4.78 is 10.1. The maximum Gasteiger partial charge on any atom is 2.00 e. The van der Waals surface area contributed by atoms with E-state index in [9.17, 15) is 9.59 Å². The average molecular weight is 754 g/mol. The van der Waals surface area contributed by atoms with Gasteiger partial charge in [0, 0.05) is 12.8 Å². The monoisotopic (exact) mass is 752 g/mol. The van der Waals surface area contributed by atoms with Gasteiger partial charge in [0.1, 0.15) is 0 Å². The normalized spacial score (nSPS) is 13.0. The van der Waals surface area contributed by atoms with Gasteiger partial charge in [0.05, 0.1) is 37.0 Å². The van der Waals surface area contributed by atoms with Crippen molar-refractivity contribution in [2.45, 2.75) is 66.2 Å². The van der Waals surface area contributed by atoms with E-state index >= 15 is 0 Å². The van der Waals surface area contributed by atoms with Gasteiger partial charge in [0.2, 0.25) is 0 Å². The van der Waals surface area contributed by atoms with Crippen LogP contribution in [-0.2, 0) is 51.4 Å². The molecule has 9 heteroatoms. The van der Waals surface area contributed by atoms with E-state index in [1.54, 1.807) is 0 Å². The summed E-state index contributed by atoms with van der Waals surface area (Å²) in [6.07, 6.45) is 3.09. The minimum Gasteiger partial charge on any atom is -0.657 e. The quantitative estimate of drug-likeness (QED) is 0.112. The topological polar surface area (TPSA) is 107 Å². The van der Waals surface area contributed by atoms with Crippen molar-refractivity contribution in [2.24, 2.45) is 0 Å². The van der Waals surface area contributed by atoms with Crippen LogP contribution >= 0.6 is 0 Å². The van der Waals surface area contributed by atoms with Crippen molar-refractivity contribution in [1.82, 2.24) is 19.9 Å². The first-order valence-corrected chi connectivity index (χ1v) is 18.0. The van der Waals surface area contributed by atoms with Crippen LogP contribution in [0.3, 0.4) is 0 Å². The van der Waals surface area contributed by atoms with Crippen molar-refractivity contribution >= 4 is 67.1 Å². The zero-order valence-electron chi connectivity index (χ0n) is 31.1. The van der Waals surface area contributed by atoms with Crippen molar-refractivity contribution < 1.29 is 38.5 Å². The number of carbonyl (C=O) groups excluding carboxylic acids is 2. The molecule has 8 rings (SSSR count). The van der Waals surface area contributed by atoms with Crippen molar-refractivity contribution in [3.05, 3.63) is 94.6 Å². The molecule has 0 atom stereocenters. The third-order valence-corrected chi connectivity index (χ3v) is 10.9. The zero-order chi connectivity index (χ0) is 36.3. The van der Waals surface area contributed by atoms with Crippen LogP contribution in [0.4, 0.5) is 0 Å². The number of esters is 2.